The Morgan fingerprint density at radius 2 is 2.05 bits per heavy atom. The third-order valence-corrected chi connectivity index (χ3v) is 5.42. The molecule has 0 aromatic heterocycles. The fourth-order valence-corrected chi connectivity index (χ4v) is 3.98. The largest absolute Gasteiger partial charge is 0.319 e. The lowest BCUT2D eigenvalue weighted by Gasteiger charge is -2.31. The number of para-hydroxylation sites is 1. The first kappa shape index (κ1) is 16.5. The van der Waals surface area contributed by atoms with Crippen LogP contribution in [0.15, 0.2) is 18.2 Å². The Bertz CT molecular complexity index is 569. The van der Waals surface area contributed by atoms with Crippen LogP contribution in [0.5, 0.6) is 0 Å². The summed E-state index contributed by atoms with van der Waals surface area (Å²) in [6.45, 7) is 1.72. The van der Waals surface area contributed by atoms with E-state index >= 15 is 0 Å². The van der Waals surface area contributed by atoms with E-state index in [2.05, 4.69) is 10.0 Å². The molecule has 0 saturated carbocycles. The zero-order valence-corrected chi connectivity index (χ0v) is 13.3. The predicted molar refractivity (Wildman–Crippen MR) is 82.2 cm³/mol. The summed E-state index contributed by atoms with van der Waals surface area (Å²) < 4.78 is 41.9. The number of nitrogens with one attached hydrogen (secondary N) is 2. The van der Waals surface area contributed by atoms with Crippen molar-refractivity contribution in [3.63, 3.8) is 0 Å². The van der Waals surface area contributed by atoms with Crippen LogP contribution in [0.3, 0.4) is 0 Å². The van der Waals surface area contributed by atoms with Crippen LogP contribution in [0.4, 0.5) is 10.1 Å². The van der Waals surface area contributed by atoms with Crippen LogP contribution >= 0.6 is 11.6 Å². The van der Waals surface area contributed by atoms with Crippen molar-refractivity contribution in [2.45, 2.75) is 12.8 Å². The van der Waals surface area contributed by atoms with Gasteiger partial charge < -0.3 is 5.32 Å². The third-order valence-electron chi connectivity index (χ3n) is 3.60. The van der Waals surface area contributed by atoms with Crippen molar-refractivity contribution < 1.29 is 12.8 Å². The standard InChI is InChI=1S/C13H19ClFN3O2S/c1-16-9-10-5-7-18(8-6-10)21(19,20)17-13-11(14)3-2-4-12(13)15/h2-4,10,16-17H,5-9H2,1H3. The maximum absolute atomic E-state index is 13.7. The van der Waals surface area contributed by atoms with Gasteiger partial charge in [-0.1, -0.05) is 17.7 Å². The Kier molecular flexibility index (Phi) is 5.43. The predicted octanol–water partition coefficient (Wildman–Crippen LogP) is 2.07. The molecule has 0 radical (unpaired) electrons. The van der Waals surface area contributed by atoms with Crippen LogP contribution in [0.1, 0.15) is 12.8 Å². The lowest BCUT2D eigenvalue weighted by atomic mass is 9.98. The summed E-state index contributed by atoms with van der Waals surface area (Å²) in [6, 6.07) is 4.04. The van der Waals surface area contributed by atoms with Crippen molar-refractivity contribution in [2.24, 2.45) is 5.92 Å². The highest BCUT2D eigenvalue weighted by Crippen LogP contribution is 2.27. The van der Waals surface area contributed by atoms with Crippen molar-refractivity contribution in [1.82, 2.24) is 9.62 Å². The second-order valence-electron chi connectivity index (χ2n) is 5.10. The van der Waals surface area contributed by atoms with Gasteiger partial charge in [0, 0.05) is 13.1 Å². The first-order valence-corrected chi connectivity index (χ1v) is 8.62. The van der Waals surface area contributed by atoms with E-state index in [1.807, 2.05) is 7.05 Å². The number of hydrogen-bond donors (Lipinski definition) is 2. The molecule has 0 spiro atoms. The first-order valence-electron chi connectivity index (χ1n) is 6.80. The van der Waals surface area contributed by atoms with Gasteiger partial charge in [-0.15, -0.1) is 0 Å². The number of rotatable bonds is 5. The summed E-state index contributed by atoms with van der Waals surface area (Å²) in [4.78, 5) is 0. The summed E-state index contributed by atoms with van der Waals surface area (Å²) in [7, 11) is -1.90. The average molecular weight is 336 g/mol. The quantitative estimate of drug-likeness (QED) is 0.866. The van der Waals surface area contributed by atoms with Gasteiger partial charge in [0.2, 0.25) is 0 Å². The van der Waals surface area contributed by atoms with Gasteiger partial charge in [0.15, 0.2) is 0 Å². The Morgan fingerprint density at radius 1 is 1.38 bits per heavy atom. The van der Waals surface area contributed by atoms with Crippen molar-refractivity contribution >= 4 is 27.5 Å². The van der Waals surface area contributed by atoms with Gasteiger partial charge in [-0.25, -0.2) is 4.39 Å². The van der Waals surface area contributed by atoms with Gasteiger partial charge in [0.05, 0.1) is 5.02 Å². The Hall–Kier alpha value is -0.890. The highest BCUT2D eigenvalue weighted by molar-refractivity contribution is 7.90. The van der Waals surface area contributed by atoms with Gasteiger partial charge in [0.25, 0.3) is 0 Å². The lowest BCUT2D eigenvalue weighted by molar-refractivity contribution is 0.272. The molecule has 8 heteroatoms. The minimum Gasteiger partial charge on any atom is -0.319 e. The normalized spacial score (nSPS) is 17.9. The van der Waals surface area contributed by atoms with Crippen LogP contribution in [-0.2, 0) is 10.2 Å². The zero-order chi connectivity index (χ0) is 15.5. The van der Waals surface area contributed by atoms with Crippen LogP contribution in [0, 0.1) is 11.7 Å². The monoisotopic (exact) mass is 335 g/mol. The van der Waals surface area contributed by atoms with Crippen molar-refractivity contribution in [2.75, 3.05) is 31.4 Å². The second-order valence-corrected chi connectivity index (χ2v) is 7.18. The molecular formula is C13H19ClFN3O2S. The van der Waals surface area contributed by atoms with Gasteiger partial charge in [-0.3, -0.25) is 4.72 Å². The number of nitrogens with zero attached hydrogens (tertiary/aromatic N) is 1. The van der Waals surface area contributed by atoms with E-state index in [0.717, 1.165) is 19.4 Å². The summed E-state index contributed by atoms with van der Waals surface area (Å²) >= 11 is 5.85. The maximum atomic E-state index is 13.7. The number of anilines is 1. The molecule has 1 saturated heterocycles. The molecule has 5 nitrogen and oxygen atoms in total. The van der Waals surface area contributed by atoms with E-state index in [-0.39, 0.29) is 10.7 Å². The molecule has 0 bridgehead atoms. The fraction of sp³-hybridized carbons (Fsp3) is 0.538. The smallest absolute Gasteiger partial charge is 0.301 e. The van der Waals surface area contributed by atoms with E-state index in [1.54, 1.807) is 0 Å². The number of halogens is 2. The SMILES string of the molecule is CNCC1CCN(S(=O)(=O)Nc2c(F)cccc2Cl)CC1. The molecule has 1 fully saturated rings. The number of benzene rings is 1. The number of piperidine rings is 1. The second kappa shape index (κ2) is 6.91. The molecule has 1 heterocycles. The first-order chi connectivity index (χ1) is 9.94. The lowest BCUT2D eigenvalue weighted by Crippen LogP contribution is -2.43. The van der Waals surface area contributed by atoms with Crippen molar-refractivity contribution in [1.29, 1.82) is 0 Å². The molecule has 0 amide bonds. The van der Waals surface area contributed by atoms with Crippen molar-refractivity contribution in [3.8, 4) is 0 Å². The Labute approximate surface area is 129 Å². The highest BCUT2D eigenvalue weighted by atomic mass is 35.5. The Balaban J connectivity index is 2.06. The minimum absolute atomic E-state index is 0.0450. The average Bonchev–Trinajstić information content (AvgIpc) is 2.44. The van der Waals surface area contributed by atoms with E-state index in [1.165, 1.54) is 22.5 Å². The van der Waals surface area contributed by atoms with Gasteiger partial charge >= 0.3 is 10.2 Å². The molecule has 1 aliphatic rings. The molecule has 118 valence electrons. The van der Waals surface area contributed by atoms with Crippen LogP contribution in [-0.4, -0.2) is 39.4 Å². The van der Waals surface area contributed by atoms with Crippen LogP contribution < -0.4 is 10.0 Å². The summed E-state index contributed by atoms with van der Waals surface area (Å²) in [6.07, 6.45) is 1.57. The molecular weight excluding hydrogens is 317 g/mol. The summed E-state index contributed by atoms with van der Waals surface area (Å²) in [5, 5.41) is 3.14. The van der Waals surface area contributed by atoms with Crippen molar-refractivity contribution in [3.05, 3.63) is 29.0 Å². The van der Waals surface area contributed by atoms with Gasteiger partial charge in [-0.05, 0) is 44.5 Å². The summed E-state index contributed by atoms with van der Waals surface area (Å²) in [5.41, 5.74) is -0.198. The minimum atomic E-state index is -3.78. The molecule has 21 heavy (non-hydrogen) atoms. The molecule has 2 N–H and O–H groups in total. The molecule has 2 rings (SSSR count). The van der Waals surface area contributed by atoms with E-state index < -0.39 is 16.0 Å². The maximum Gasteiger partial charge on any atom is 0.301 e. The summed E-state index contributed by atoms with van der Waals surface area (Å²) in [5.74, 6) is -0.213. The Morgan fingerprint density at radius 3 is 2.62 bits per heavy atom. The van der Waals surface area contributed by atoms with Crippen LogP contribution in [0.25, 0.3) is 0 Å². The molecule has 0 aliphatic carbocycles. The van der Waals surface area contributed by atoms with Gasteiger partial charge in [0.1, 0.15) is 11.5 Å². The fourth-order valence-electron chi connectivity index (χ4n) is 2.43. The van der Waals surface area contributed by atoms with Gasteiger partial charge in [-0.2, -0.15) is 12.7 Å². The van der Waals surface area contributed by atoms with E-state index in [4.69, 9.17) is 11.6 Å². The van der Waals surface area contributed by atoms with E-state index in [0.29, 0.717) is 19.0 Å². The molecule has 0 atom stereocenters. The molecule has 1 aromatic carbocycles. The molecule has 1 aromatic rings. The number of hydrogen-bond acceptors (Lipinski definition) is 3. The highest BCUT2D eigenvalue weighted by Gasteiger charge is 2.28. The topological polar surface area (TPSA) is 61.4 Å². The third kappa shape index (κ3) is 4.06. The molecule has 0 unspecified atom stereocenters. The van der Waals surface area contributed by atoms with Crippen LogP contribution in [0.2, 0.25) is 5.02 Å². The zero-order valence-electron chi connectivity index (χ0n) is 11.8. The van der Waals surface area contributed by atoms with E-state index in [9.17, 15) is 12.8 Å². The molecule has 1 aliphatic heterocycles.